The number of amides is 1. The third-order valence-corrected chi connectivity index (χ3v) is 2.92. The number of likely N-dealkylation sites (tertiary alicyclic amines) is 1. The van der Waals surface area contributed by atoms with Crippen molar-refractivity contribution < 1.29 is 9.90 Å². The summed E-state index contributed by atoms with van der Waals surface area (Å²) >= 11 is 0. The first-order chi connectivity index (χ1) is 7.05. The number of anilines is 1. The number of nitrogen functional groups attached to an aromatic ring is 1. The van der Waals surface area contributed by atoms with E-state index in [9.17, 15) is 9.90 Å². The highest BCUT2D eigenvalue weighted by atomic mass is 16.3. The fraction of sp³-hybridized carbons (Fsp3) is 0.364. The van der Waals surface area contributed by atoms with Crippen LogP contribution in [-0.2, 0) is 10.4 Å². The van der Waals surface area contributed by atoms with Crippen LogP contribution in [0.2, 0.25) is 0 Å². The summed E-state index contributed by atoms with van der Waals surface area (Å²) in [6, 6.07) is 6.95. The molecular formula is C11H14N2O2. The zero-order valence-corrected chi connectivity index (χ0v) is 8.60. The number of carbonyl (C=O) groups is 1. The van der Waals surface area contributed by atoms with Crippen LogP contribution in [0.15, 0.2) is 24.3 Å². The Bertz CT molecular complexity index is 405. The normalized spacial score (nSPS) is 26.0. The maximum absolute atomic E-state index is 11.8. The molecule has 1 atom stereocenters. The number of hydrogen-bond donors (Lipinski definition) is 2. The monoisotopic (exact) mass is 206 g/mol. The molecular weight excluding hydrogens is 192 g/mol. The molecule has 15 heavy (non-hydrogen) atoms. The predicted octanol–water partition coefficient (Wildman–Crippen LogP) is 0.319. The molecule has 1 amide bonds. The van der Waals surface area contributed by atoms with Gasteiger partial charge in [0.2, 0.25) is 0 Å². The van der Waals surface area contributed by atoms with Crippen molar-refractivity contribution in [3.05, 3.63) is 29.8 Å². The molecule has 3 N–H and O–H groups in total. The van der Waals surface area contributed by atoms with Crippen molar-refractivity contribution in [3.63, 3.8) is 0 Å². The maximum atomic E-state index is 11.8. The molecule has 0 spiro atoms. The lowest BCUT2D eigenvalue weighted by Gasteiger charge is -2.22. The molecule has 1 aromatic rings. The molecule has 0 unspecified atom stereocenters. The van der Waals surface area contributed by atoms with E-state index in [0.717, 1.165) is 0 Å². The number of likely N-dealkylation sites (N-methyl/N-ethyl adjacent to an activating group) is 1. The quantitative estimate of drug-likeness (QED) is 0.650. The van der Waals surface area contributed by atoms with Crippen molar-refractivity contribution in [2.24, 2.45) is 0 Å². The van der Waals surface area contributed by atoms with Crippen LogP contribution >= 0.6 is 0 Å². The second-order valence-electron chi connectivity index (χ2n) is 3.92. The Labute approximate surface area is 88.3 Å². The number of nitrogens with zero attached hydrogens (tertiary/aromatic N) is 1. The predicted molar refractivity (Wildman–Crippen MR) is 57.0 cm³/mol. The molecule has 1 fully saturated rings. The van der Waals surface area contributed by atoms with E-state index in [-0.39, 0.29) is 5.91 Å². The van der Waals surface area contributed by atoms with Crippen molar-refractivity contribution in [1.29, 1.82) is 0 Å². The summed E-state index contributed by atoms with van der Waals surface area (Å²) < 4.78 is 0. The SMILES string of the molecule is CN1CC[C@@](O)(c2ccccc2N)C1=O. The number of hydrogen-bond acceptors (Lipinski definition) is 3. The Hall–Kier alpha value is -1.55. The summed E-state index contributed by atoms with van der Waals surface area (Å²) in [4.78, 5) is 13.3. The minimum absolute atomic E-state index is 0.277. The Balaban J connectivity index is 2.47. The Morgan fingerprint density at radius 3 is 2.67 bits per heavy atom. The smallest absolute Gasteiger partial charge is 0.259 e. The molecule has 0 radical (unpaired) electrons. The van der Waals surface area contributed by atoms with E-state index in [0.29, 0.717) is 24.2 Å². The van der Waals surface area contributed by atoms with Gasteiger partial charge in [0.05, 0.1) is 0 Å². The first kappa shape index (κ1) is 9.98. The summed E-state index contributed by atoms with van der Waals surface area (Å²) in [6.07, 6.45) is 0.399. The van der Waals surface area contributed by atoms with Gasteiger partial charge in [0.1, 0.15) is 0 Å². The van der Waals surface area contributed by atoms with Crippen molar-refractivity contribution in [2.75, 3.05) is 19.3 Å². The van der Waals surface area contributed by atoms with E-state index >= 15 is 0 Å². The van der Waals surface area contributed by atoms with Gasteiger partial charge in [-0.15, -0.1) is 0 Å². The van der Waals surface area contributed by atoms with Gasteiger partial charge >= 0.3 is 0 Å². The largest absolute Gasteiger partial charge is 0.398 e. The molecule has 4 heteroatoms. The standard InChI is InChI=1S/C11H14N2O2/c1-13-7-6-11(15,10(13)14)8-4-2-3-5-9(8)12/h2-5,15H,6-7,12H2,1H3/t11-/m1/s1. The molecule has 1 aliphatic heterocycles. The molecule has 80 valence electrons. The first-order valence-electron chi connectivity index (χ1n) is 4.88. The van der Waals surface area contributed by atoms with Crippen molar-refractivity contribution >= 4 is 11.6 Å². The molecule has 1 heterocycles. The molecule has 1 saturated heterocycles. The van der Waals surface area contributed by atoms with Crippen LogP contribution in [0.3, 0.4) is 0 Å². The summed E-state index contributed by atoms with van der Waals surface area (Å²) in [5, 5.41) is 10.3. The maximum Gasteiger partial charge on any atom is 0.259 e. The van der Waals surface area contributed by atoms with Crippen LogP contribution < -0.4 is 5.73 Å². The number of nitrogens with two attached hydrogens (primary N) is 1. The van der Waals surface area contributed by atoms with Gasteiger partial charge < -0.3 is 15.7 Å². The van der Waals surface area contributed by atoms with Gasteiger partial charge in [0.25, 0.3) is 5.91 Å². The molecule has 1 aromatic carbocycles. The molecule has 2 rings (SSSR count). The highest BCUT2D eigenvalue weighted by molar-refractivity contribution is 5.89. The number of benzene rings is 1. The van der Waals surface area contributed by atoms with Crippen LogP contribution in [0.25, 0.3) is 0 Å². The van der Waals surface area contributed by atoms with Crippen LogP contribution in [0, 0.1) is 0 Å². The van der Waals surface area contributed by atoms with Gasteiger partial charge in [-0.05, 0) is 6.07 Å². The minimum Gasteiger partial charge on any atom is -0.398 e. The molecule has 0 bridgehead atoms. The molecule has 1 aliphatic rings. The lowest BCUT2D eigenvalue weighted by molar-refractivity contribution is -0.142. The zero-order valence-electron chi connectivity index (χ0n) is 8.60. The number of aliphatic hydroxyl groups is 1. The van der Waals surface area contributed by atoms with E-state index in [1.165, 1.54) is 4.90 Å². The van der Waals surface area contributed by atoms with Gasteiger partial charge in [-0.1, -0.05) is 18.2 Å². The van der Waals surface area contributed by atoms with E-state index in [1.54, 1.807) is 31.3 Å². The molecule has 4 nitrogen and oxygen atoms in total. The van der Waals surface area contributed by atoms with Gasteiger partial charge in [-0.2, -0.15) is 0 Å². The fourth-order valence-corrected chi connectivity index (χ4v) is 1.98. The summed E-state index contributed by atoms with van der Waals surface area (Å²) in [5.41, 5.74) is 5.31. The highest BCUT2D eigenvalue weighted by Gasteiger charge is 2.45. The van der Waals surface area contributed by atoms with Gasteiger partial charge in [-0.3, -0.25) is 4.79 Å². The van der Waals surface area contributed by atoms with Crippen LogP contribution in [0.5, 0.6) is 0 Å². The van der Waals surface area contributed by atoms with Crippen LogP contribution in [0.4, 0.5) is 5.69 Å². The summed E-state index contributed by atoms with van der Waals surface area (Å²) in [5.74, 6) is -0.277. The molecule has 0 aliphatic carbocycles. The molecule has 0 saturated carbocycles. The van der Waals surface area contributed by atoms with Crippen molar-refractivity contribution in [1.82, 2.24) is 4.90 Å². The van der Waals surface area contributed by atoms with E-state index in [2.05, 4.69) is 0 Å². The lowest BCUT2D eigenvalue weighted by Crippen LogP contribution is -2.36. The van der Waals surface area contributed by atoms with E-state index in [4.69, 9.17) is 5.73 Å². The van der Waals surface area contributed by atoms with Crippen LogP contribution in [0.1, 0.15) is 12.0 Å². The Morgan fingerprint density at radius 2 is 2.13 bits per heavy atom. The number of para-hydroxylation sites is 1. The third kappa shape index (κ3) is 1.37. The summed E-state index contributed by atoms with van der Waals surface area (Å²) in [6.45, 7) is 0.559. The van der Waals surface area contributed by atoms with Gasteiger partial charge in [0, 0.05) is 31.3 Å². The van der Waals surface area contributed by atoms with E-state index < -0.39 is 5.60 Å². The van der Waals surface area contributed by atoms with E-state index in [1.807, 2.05) is 0 Å². The molecule has 0 aromatic heterocycles. The number of carbonyl (C=O) groups excluding carboxylic acids is 1. The zero-order chi connectivity index (χ0) is 11.1. The Morgan fingerprint density at radius 1 is 1.47 bits per heavy atom. The first-order valence-corrected chi connectivity index (χ1v) is 4.88. The highest BCUT2D eigenvalue weighted by Crippen LogP contribution is 2.35. The van der Waals surface area contributed by atoms with Gasteiger partial charge in [0.15, 0.2) is 5.60 Å². The topological polar surface area (TPSA) is 66.6 Å². The second-order valence-corrected chi connectivity index (χ2v) is 3.92. The van der Waals surface area contributed by atoms with Crippen LogP contribution in [-0.4, -0.2) is 29.5 Å². The second kappa shape index (κ2) is 3.24. The average molecular weight is 206 g/mol. The van der Waals surface area contributed by atoms with Gasteiger partial charge in [-0.25, -0.2) is 0 Å². The lowest BCUT2D eigenvalue weighted by atomic mass is 9.91. The number of rotatable bonds is 1. The van der Waals surface area contributed by atoms with Crippen molar-refractivity contribution in [3.8, 4) is 0 Å². The minimum atomic E-state index is -1.43. The summed E-state index contributed by atoms with van der Waals surface area (Å²) in [7, 11) is 1.68. The third-order valence-electron chi connectivity index (χ3n) is 2.92. The average Bonchev–Trinajstić information content (AvgIpc) is 2.48. The Kier molecular flexibility index (Phi) is 2.16. The fourth-order valence-electron chi connectivity index (χ4n) is 1.98. The van der Waals surface area contributed by atoms with Crippen molar-refractivity contribution in [2.45, 2.75) is 12.0 Å².